The number of benzene rings is 1. The Morgan fingerprint density at radius 3 is 2.65 bits per heavy atom. The quantitative estimate of drug-likeness (QED) is 0.809. The van der Waals surface area contributed by atoms with Gasteiger partial charge in [0.05, 0.1) is 6.04 Å². The minimum absolute atomic E-state index is 0.152. The van der Waals surface area contributed by atoms with Crippen LogP contribution < -0.4 is 10.6 Å². The topological polar surface area (TPSA) is 69.8 Å². The number of nitrogens with zero attached hydrogens (tertiary/aromatic N) is 2. The van der Waals surface area contributed by atoms with Crippen molar-refractivity contribution in [1.82, 2.24) is 4.90 Å². The molecular weight excluding hydrogens is 254 g/mol. The minimum Gasteiger partial charge on any atom is -0.465 e. The van der Waals surface area contributed by atoms with Crippen LogP contribution in [0.1, 0.15) is 30.7 Å². The van der Waals surface area contributed by atoms with E-state index in [0.717, 1.165) is 18.7 Å². The molecule has 5 heteroatoms. The summed E-state index contributed by atoms with van der Waals surface area (Å²) in [6, 6.07) is 6.78. The smallest absolute Gasteiger partial charge is 0.407 e. The predicted molar refractivity (Wildman–Crippen MR) is 77.1 cm³/mol. The van der Waals surface area contributed by atoms with Crippen molar-refractivity contribution in [3.8, 4) is 0 Å². The molecule has 2 bridgehead atoms. The summed E-state index contributed by atoms with van der Waals surface area (Å²) in [5.74, 6) is 0.644. The minimum atomic E-state index is -0.784. The summed E-state index contributed by atoms with van der Waals surface area (Å²) >= 11 is 0. The van der Waals surface area contributed by atoms with Gasteiger partial charge in [0.25, 0.3) is 0 Å². The highest BCUT2D eigenvalue weighted by atomic mass is 16.4. The first-order chi connectivity index (χ1) is 9.63. The fourth-order valence-electron chi connectivity index (χ4n) is 3.71. The van der Waals surface area contributed by atoms with Gasteiger partial charge in [-0.1, -0.05) is 0 Å². The first-order valence-electron chi connectivity index (χ1n) is 7.29. The Labute approximate surface area is 118 Å². The summed E-state index contributed by atoms with van der Waals surface area (Å²) in [5, 5.41) is 9.14. The number of carbonyl (C=O) groups is 1. The molecule has 1 saturated carbocycles. The third-order valence-electron chi connectivity index (χ3n) is 4.91. The Morgan fingerprint density at radius 1 is 1.25 bits per heavy atom. The van der Waals surface area contributed by atoms with Crippen molar-refractivity contribution < 1.29 is 9.90 Å². The lowest BCUT2D eigenvalue weighted by Gasteiger charge is -2.34. The summed E-state index contributed by atoms with van der Waals surface area (Å²) in [5.41, 5.74) is 9.44. The first kappa shape index (κ1) is 11.9. The zero-order valence-electron chi connectivity index (χ0n) is 11.3. The molecule has 3 N–H and O–H groups in total. The van der Waals surface area contributed by atoms with E-state index in [0.29, 0.717) is 18.5 Å². The van der Waals surface area contributed by atoms with Gasteiger partial charge in [-0.15, -0.1) is 0 Å². The molecule has 106 valence electrons. The van der Waals surface area contributed by atoms with Crippen LogP contribution in [0.5, 0.6) is 0 Å². The number of nitrogens with two attached hydrogens (primary N) is 1. The van der Waals surface area contributed by atoms with Gasteiger partial charge in [0, 0.05) is 30.5 Å². The van der Waals surface area contributed by atoms with Crippen molar-refractivity contribution in [3.63, 3.8) is 0 Å². The third-order valence-corrected chi connectivity index (χ3v) is 4.91. The zero-order valence-corrected chi connectivity index (χ0v) is 11.3. The summed E-state index contributed by atoms with van der Waals surface area (Å²) in [4.78, 5) is 15.1. The van der Waals surface area contributed by atoms with Gasteiger partial charge in [-0.3, -0.25) is 0 Å². The number of anilines is 2. The Balaban J connectivity index is 1.58. The van der Waals surface area contributed by atoms with Gasteiger partial charge in [0.2, 0.25) is 0 Å². The van der Waals surface area contributed by atoms with Crippen LogP contribution in [0.3, 0.4) is 0 Å². The highest BCUT2D eigenvalue weighted by Crippen LogP contribution is 2.45. The SMILES string of the molecule is Nc1ccc(N2C[C@@H]3C[C@H]2CN3C(=O)O)cc1C1CC1. The van der Waals surface area contributed by atoms with Crippen molar-refractivity contribution >= 4 is 17.5 Å². The van der Waals surface area contributed by atoms with Crippen LogP contribution in [0.25, 0.3) is 0 Å². The number of rotatable bonds is 2. The molecule has 1 aromatic carbocycles. The van der Waals surface area contributed by atoms with Crippen molar-refractivity contribution in [1.29, 1.82) is 0 Å². The van der Waals surface area contributed by atoms with Gasteiger partial charge in [0.15, 0.2) is 0 Å². The summed E-state index contributed by atoms with van der Waals surface area (Å²) in [6.45, 7) is 1.44. The van der Waals surface area contributed by atoms with E-state index >= 15 is 0 Å². The van der Waals surface area contributed by atoms with Crippen molar-refractivity contribution in [2.24, 2.45) is 0 Å². The number of amides is 1. The molecule has 1 amide bonds. The number of carboxylic acid groups (broad SMARTS) is 1. The molecule has 3 fully saturated rings. The number of piperazine rings is 1. The molecule has 2 aliphatic heterocycles. The Morgan fingerprint density at radius 2 is 2.05 bits per heavy atom. The van der Waals surface area contributed by atoms with Crippen LogP contribution in [0.4, 0.5) is 16.2 Å². The van der Waals surface area contributed by atoms with E-state index in [-0.39, 0.29) is 6.04 Å². The van der Waals surface area contributed by atoms with Gasteiger partial charge in [-0.25, -0.2) is 4.79 Å². The van der Waals surface area contributed by atoms with E-state index in [4.69, 9.17) is 10.8 Å². The van der Waals surface area contributed by atoms with Crippen LogP contribution >= 0.6 is 0 Å². The maximum Gasteiger partial charge on any atom is 0.407 e. The number of likely N-dealkylation sites (tertiary alicyclic amines) is 1. The van der Waals surface area contributed by atoms with E-state index in [2.05, 4.69) is 17.0 Å². The normalized spacial score (nSPS) is 28.2. The molecule has 3 aliphatic rings. The lowest BCUT2D eigenvalue weighted by Crippen LogP contribution is -2.48. The van der Waals surface area contributed by atoms with Crippen LogP contribution in [-0.4, -0.2) is 41.3 Å². The van der Waals surface area contributed by atoms with Gasteiger partial charge in [0.1, 0.15) is 0 Å². The van der Waals surface area contributed by atoms with Crippen LogP contribution in [0.15, 0.2) is 18.2 Å². The monoisotopic (exact) mass is 273 g/mol. The van der Waals surface area contributed by atoms with E-state index < -0.39 is 6.09 Å². The fraction of sp³-hybridized carbons (Fsp3) is 0.533. The van der Waals surface area contributed by atoms with Crippen molar-refractivity contribution in [2.45, 2.75) is 37.3 Å². The highest BCUT2D eigenvalue weighted by Gasteiger charge is 2.45. The van der Waals surface area contributed by atoms with E-state index in [1.807, 2.05) is 6.07 Å². The maximum absolute atomic E-state index is 11.1. The second-order valence-corrected chi connectivity index (χ2v) is 6.22. The number of fused-ring (bicyclic) bond motifs is 2. The molecule has 4 rings (SSSR count). The lowest BCUT2D eigenvalue weighted by atomic mass is 10.1. The van der Waals surface area contributed by atoms with E-state index in [9.17, 15) is 4.79 Å². The van der Waals surface area contributed by atoms with Gasteiger partial charge < -0.3 is 20.6 Å². The molecule has 0 unspecified atom stereocenters. The average Bonchev–Trinajstić information content (AvgIpc) is 3.07. The molecule has 1 aliphatic carbocycles. The van der Waals surface area contributed by atoms with Crippen LogP contribution in [0.2, 0.25) is 0 Å². The molecule has 2 heterocycles. The van der Waals surface area contributed by atoms with Crippen LogP contribution in [-0.2, 0) is 0 Å². The second-order valence-electron chi connectivity index (χ2n) is 6.22. The van der Waals surface area contributed by atoms with E-state index in [1.54, 1.807) is 4.90 Å². The van der Waals surface area contributed by atoms with Gasteiger partial charge in [-0.2, -0.15) is 0 Å². The fourth-order valence-corrected chi connectivity index (χ4v) is 3.71. The van der Waals surface area contributed by atoms with Crippen molar-refractivity contribution in [3.05, 3.63) is 23.8 Å². The zero-order chi connectivity index (χ0) is 13.9. The van der Waals surface area contributed by atoms with Gasteiger partial charge in [-0.05, 0) is 48.9 Å². The number of hydrogen-bond donors (Lipinski definition) is 2. The Hall–Kier alpha value is -1.91. The summed E-state index contributed by atoms with van der Waals surface area (Å²) < 4.78 is 0. The average molecular weight is 273 g/mol. The third kappa shape index (κ3) is 1.72. The van der Waals surface area contributed by atoms with Crippen molar-refractivity contribution in [2.75, 3.05) is 23.7 Å². The van der Waals surface area contributed by atoms with E-state index in [1.165, 1.54) is 24.1 Å². The predicted octanol–water partition coefficient (Wildman–Crippen LogP) is 2.09. The summed E-state index contributed by atoms with van der Waals surface area (Å²) in [6.07, 6.45) is 2.65. The molecule has 0 aromatic heterocycles. The molecule has 20 heavy (non-hydrogen) atoms. The molecule has 5 nitrogen and oxygen atoms in total. The molecule has 1 aromatic rings. The standard InChI is InChI=1S/C15H19N3O2/c16-14-4-3-10(6-13(14)9-1-2-9)17-7-12-5-11(17)8-18(12)15(19)20/h3-4,6,9,11-12H,1-2,5,7-8,16H2,(H,19,20)/t11-,12-/m0/s1. The maximum atomic E-state index is 11.1. The Bertz CT molecular complexity index is 570. The Kier molecular flexibility index (Phi) is 2.40. The van der Waals surface area contributed by atoms with Gasteiger partial charge >= 0.3 is 6.09 Å². The second kappa shape index (κ2) is 4.04. The molecule has 2 atom stereocenters. The molecular formula is C15H19N3O2. The number of nitrogen functional groups attached to an aromatic ring is 1. The molecule has 0 spiro atoms. The summed E-state index contributed by atoms with van der Waals surface area (Å²) in [7, 11) is 0. The lowest BCUT2D eigenvalue weighted by molar-refractivity contribution is 0.137. The highest BCUT2D eigenvalue weighted by molar-refractivity contribution is 5.68. The molecule has 2 saturated heterocycles. The van der Waals surface area contributed by atoms with Crippen LogP contribution in [0, 0.1) is 0 Å². The molecule has 0 radical (unpaired) electrons. The largest absolute Gasteiger partial charge is 0.465 e. The first-order valence-corrected chi connectivity index (χ1v) is 7.29. The number of hydrogen-bond acceptors (Lipinski definition) is 3.